The molecule has 1 aliphatic carbocycles. The van der Waals surface area contributed by atoms with E-state index >= 15 is 0 Å². The van der Waals surface area contributed by atoms with Gasteiger partial charge in [-0.15, -0.1) is 0 Å². The molecule has 0 aromatic carbocycles. The summed E-state index contributed by atoms with van der Waals surface area (Å²) in [5, 5.41) is 3.19. The number of aromatic nitrogens is 2. The summed E-state index contributed by atoms with van der Waals surface area (Å²) in [6.45, 7) is 6.62. The molecule has 21 heavy (non-hydrogen) atoms. The number of carbonyl (C=O) groups excluding carboxylic acids is 2. The molecule has 3 N–H and O–H groups in total. The monoisotopic (exact) mass is 309 g/mol. The topological polar surface area (TPSA) is 101 Å². The molecule has 3 heterocycles. The maximum atomic E-state index is 12.4. The van der Waals surface area contributed by atoms with E-state index in [4.69, 9.17) is 5.73 Å². The molecule has 2 saturated heterocycles. The minimum absolute atomic E-state index is 0.164. The van der Waals surface area contributed by atoms with Crippen molar-refractivity contribution in [2.75, 3.05) is 11.9 Å². The Balaban J connectivity index is 1.73. The van der Waals surface area contributed by atoms with E-state index in [0.29, 0.717) is 36.3 Å². The molecule has 0 radical (unpaired) electrons. The first kappa shape index (κ1) is 14.2. The van der Waals surface area contributed by atoms with Crippen molar-refractivity contribution in [3.63, 3.8) is 0 Å². The largest absolute Gasteiger partial charge is 0.368 e. The van der Waals surface area contributed by atoms with Crippen LogP contribution in [0.15, 0.2) is 0 Å². The molecule has 1 aromatic rings. The molecular formula is C13H19N5O2S. The number of fused-ring (bicyclic) bond motifs is 1. The lowest BCUT2D eigenvalue weighted by Gasteiger charge is -2.38. The van der Waals surface area contributed by atoms with E-state index in [2.05, 4.69) is 14.7 Å². The van der Waals surface area contributed by atoms with E-state index in [1.807, 2.05) is 20.8 Å². The fraction of sp³-hybridized carbons (Fsp3) is 0.692. The second kappa shape index (κ2) is 4.40. The zero-order valence-electron chi connectivity index (χ0n) is 12.3. The summed E-state index contributed by atoms with van der Waals surface area (Å²) >= 11 is 1.15. The first-order chi connectivity index (χ1) is 9.72. The predicted molar refractivity (Wildman–Crippen MR) is 79.0 cm³/mol. The molecular weight excluding hydrogens is 290 g/mol. The van der Waals surface area contributed by atoms with E-state index in [1.54, 1.807) is 4.90 Å². The third-order valence-electron chi connectivity index (χ3n) is 4.22. The van der Waals surface area contributed by atoms with Crippen LogP contribution in [0.5, 0.6) is 0 Å². The van der Waals surface area contributed by atoms with Crippen molar-refractivity contribution in [1.82, 2.24) is 14.3 Å². The van der Waals surface area contributed by atoms with Crippen molar-refractivity contribution < 1.29 is 9.59 Å². The minimum atomic E-state index is -0.785. The van der Waals surface area contributed by atoms with Gasteiger partial charge >= 0.3 is 6.03 Å². The van der Waals surface area contributed by atoms with Gasteiger partial charge in [0.2, 0.25) is 11.0 Å². The first-order valence-electron chi connectivity index (χ1n) is 6.95. The van der Waals surface area contributed by atoms with Gasteiger partial charge in [0.15, 0.2) is 0 Å². The Labute approximate surface area is 127 Å². The molecule has 114 valence electrons. The van der Waals surface area contributed by atoms with Crippen molar-refractivity contribution in [3.8, 4) is 0 Å². The molecule has 1 aromatic heterocycles. The lowest BCUT2D eigenvalue weighted by molar-refractivity contribution is -0.129. The van der Waals surface area contributed by atoms with Crippen LogP contribution in [0.2, 0.25) is 0 Å². The van der Waals surface area contributed by atoms with Gasteiger partial charge in [-0.25, -0.2) is 9.78 Å². The van der Waals surface area contributed by atoms with Gasteiger partial charge in [-0.1, -0.05) is 20.8 Å². The van der Waals surface area contributed by atoms with Crippen molar-refractivity contribution in [2.24, 2.45) is 11.7 Å². The van der Waals surface area contributed by atoms with Gasteiger partial charge in [-0.2, -0.15) is 4.37 Å². The number of primary amides is 1. The van der Waals surface area contributed by atoms with E-state index in [1.165, 1.54) is 0 Å². The second-order valence-electron chi connectivity index (χ2n) is 6.88. The Hall–Kier alpha value is -1.70. The number of hydrogen-bond acceptors (Lipinski definition) is 5. The summed E-state index contributed by atoms with van der Waals surface area (Å²) in [4.78, 5) is 29.9. The number of nitrogens with one attached hydrogen (secondary N) is 1. The quantitative estimate of drug-likeness (QED) is 0.860. The SMILES string of the molecule is CC(C)(C)c1nsc(NC(=O)N2CC3CC2(C(N)=O)C3)n1. The van der Waals surface area contributed by atoms with Gasteiger partial charge in [-0.3, -0.25) is 10.1 Å². The van der Waals surface area contributed by atoms with Gasteiger partial charge < -0.3 is 10.6 Å². The van der Waals surface area contributed by atoms with Crippen LogP contribution in [0.1, 0.15) is 39.4 Å². The van der Waals surface area contributed by atoms with Crippen LogP contribution in [-0.4, -0.2) is 38.3 Å². The van der Waals surface area contributed by atoms with Crippen molar-refractivity contribution in [3.05, 3.63) is 5.82 Å². The Bertz CT molecular complexity index is 600. The Morgan fingerprint density at radius 2 is 2.10 bits per heavy atom. The van der Waals surface area contributed by atoms with Gasteiger partial charge in [0.1, 0.15) is 11.4 Å². The molecule has 7 nitrogen and oxygen atoms in total. The lowest BCUT2D eigenvalue weighted by Crippen LogP contribution is -2.58. The van der Waals surface area contributed by atoms with Gasteiger partial charge in [0.05, 0.1) is 0 Å². The summed E-state index contributed by atoms with van der Waals surface area (Å²) in [5.41, 5.74) is 4.52. The highest BCUT2D eigenvalue weighted by atomic mass is 32.1. The normalized spacial score (nSPS) is 27.4. The average Bonchev–Trinajstić information content (AvgIpc) is 2.97. The highest BCUT2D eigenvalue weighted by Gasteiger charge is 2.61. The minimum Gasteiger partial charge on any atom is -0.368 e. The zero-order valence-corrected chi connectivity index (χ0v) is 13.2. The van der Waals surface area contributed by atoms with E-state index in [0.717, 1.165) is 11.5 Å². The maximum absolute atomic E-state index is 12.4. The molecule has 2 aliphatic heterocycles. The number of rotatable bonds is 2. The van der Waals surface area contributed by atoms with Crippen LogP contribution in [0.25, 0.3) is 0 Å². The summed E-state index contributed by atoms with van der Waals surface area (Å²) in [5.74, 6) is 0.667. The third-order valence-corrected chi connectivity index (χ3v) is 4.86. The highest BCUT2D eigenvalue weighted by molar-refractivity contribution is 7.09. The van der Waals surface area contributed by atoms with Crippen LogP contribution in [-0.2, 0) is 10.2 Å². The highest BCUT2D eigenvalue weighted by Crippen LogP contribution is 2.50. The standard InChI is InChI=1S/C13H19N5O2S/c1-12(2,3)9-15-10(21-17-9)16-11(20)18-6-7-4-13(18,5-7)8(14)19/h7H,4-6H2,1-3H3,(H2,14,19)(H,15,16,17,20). The summed E-state index contributed by atoms with van der Waals surface area (Å²) in [7, 11) is 0. The molecule has 0 atom stereocenters. The van der Waals surface area contributed by atoms with Crippen LogP contribution < -0.4 is 11.1 Å². The van der Waals surface area contributed by atoms with Crippen LogP contribution in [0.3, 0.4) is 0 Å². The van der Waals surface area contributed by atoms with Crippen molar-refractivity contribution in [1.29, 1.82) is 0 Å². The number of nitrogens with zero attached hydrogens (tertiary/aromatic N) is 3. The molecule has 1 saturated carbocycles. The molecule has 4 rings (SSSR count). The Morgan fingerprint density at radius 3 is 2.62 bits per heavy atom. The Kier molecular flexibility index (Phi) is 2.98. The molecule has 3 amide bonds. The van der Waals surface area contributed by atoms with Gasteiger partial charge in [-0.05, 0) is 18.8 Å². The molecule has 0 unspecified atom stereocenters. The summed E-state index contributed by atoms with van der Waals surface area (Å²) < 4.78 is 4.25. The van der Waals surface area contributed by atoms with Crippen LogP contribution in [0, 0.1) is 5.92 Å². The number of urea groups is 1. The van der Waals surface area contributed by atoms with Crippen molar-refractivity contribution in [2.45, 2.75) is 44.6 Å². The number of nitrogens with two attached hydrogens (primary N) is 1. The maximum Gasteiger partial charge on any atom is 0.324 e. The predicted octanol–water partition coefficient (Wildman–Crippen LogP) is 1.32. The fourth-order valence-electron chi connectivity index (χ4n) is 3.03. The molecule has 8 heteroatoms. The Morgan fingerprint density at radius 1 is 1.43 bits per heavy atom. The van der Waals surface area contributed by atoms with Gasteiger partial charge in [0.25, 0.3) is 0 Å². The molecule has 3 aliphatic rings. The number of amides is 3. The van der Waals surface area contributed by atoms with Crippen LogP contribution in [0.4, 0.5) is 9.93 Å². The van der Waals surface area contributed by atoms with Crippen LogP contribution >= 0.6 is 11.5 Å². The zero-order chi connectivity index (χ0) is 15.4. The average molecular weight is 309 g/mol. The summed E-state index contributed by atoms with van der Waals surface area (Å²) in [6, 6.07) is -0.314. The van der Waals surface area contributed by atoms with Gasteiger partial charge in [0, 0.05) is 23.5 Å². The molecule has 0 spiro atoms. The fourth-order valence-corrected chi connectivity index (χ4v) is 3.77. The van der Waals surface area contributed by atoms with E-state index < -0.39 is 11.4 Å². The lowest BCUT2D eigenvalue weighted by atomic mass is 9.73. The van der Waals surface area contributed by atoms with Crippen molar-refractivity contribution >= 4 is 28.6 Å². The molecule has 3 fully saturated rings. The molecule has 2 bridgehead atoms. The summed E-state index contributed by atoms with van der Waals surface area (Å²) in [6.07, 6.45) is 1.36. The van der Waals surface area contributed by atoms with E-state index in [9.17, 15) is 9.59 Å². The smallest absolute Gasteiger partial charge is 0.324 e. The number of anilines is 1. The van der Waals surface area contributed by atoms with E-state index in [-0.39, 0.29) is 11.4 Å². The third kappa shape index (κ3) is 2.17. The number of hydrogen-bond donors (Lipinski definition) is 2. The number of carbonyl (C=O) groups is 2. The first-order valence-corrected chi connectivity index (χ1v) is 7.72. The second-order valence-corrected chi connectivity index (χ2v) is 7.64.